The van der Waals surface area contributed by atoms with Crippen molar-refractivity contribution in [3.8, 4) is 22.4 Å². The molecule has 1 aliphatic carbocycles. The normalized spacial score (nSPS) is 14.4. The maximum atomic E-state index is 12.0. The molecule has 7 heteroatoms. The maximum absolute atomic E-state index is 12.0. The first-order chi connectivity index (χ1) is 12.5. The number of nitrogens with zero attached hydrogens (tertiary/aromatic N) is 3. The molecule has 0 amide bonds. The first-order valence-corrected chi connectivity index (χ1v) is 8.74. The lowest BCUT2D eigenvalue weighted by molar-refractivity contribution is 0.393. The number of rotatable bonds is 3. The molecule has 1 fully saturated rings. The highest BCUT2D eigenvalue weighted by Gasteiger charge is 2.30. The highest BCUT2D eigenvalue weighted by molar-refractivity contribution is 5.96. The number of benzene rings is 1. The summed E-state index contributed by atoms with van der Waals surface area (Å²) >= 11 is 0. The van der Waals surface area contributed by atoms with Crippen molar-refractivity contribution in [3.63, 3.8) is 0 Å². The summed E-state index contributed by atoms with van der Waals surface area (Å²) in [6, 6.07) is 4.04. The second kappa shape index (κ2) is 5.20. The van der Waals surface area contributed by atoms with Gasteiger partial charge < -0.3 is 14.5 Å². The SMILES string of the molecule is Cc1noc(C)c1-c1cc(-c2nn(C)cc2C2CC2)c2[nH]c(=O)[nH]c2c1. The predicted octanol–water partition coefficient (Wildman–Crippen LogP) is 3.41. The Morgan fingerprint density at radius 3 is 2.73 bits per heavy atom. The molecule has 1 aliphatic rings. The zero-order valence-corrected chi connectivity index (χ0v) is 14.9. The van der Waals surface area contributed by atoms with Crippen LogP contribution in [0.4, 0.5) is 0 Å². The van der Waals surface area contributed by atoms with E-state index in [0.29, 0.717) is 5.92 Å². The molecule has 26 heavy (non-hydrogen) atoms. The number of aromatic nitrogens is 5. The largest absolute Gasteiger partial charge is 0.361 e. The summed E-state index contributed by atoms with van der Waals surface area (Å²) in [6.07, 6.45) is 4.47. The lowest BCUT2D eigenvalue weighted by atomic mass is 9.97. The van der Waals surface area contributed by atoms with E-state index in [1.807, 2.05) is 31.6 Å². The lowest BCUT2D eigenvalue weighted by Gasteiger charge is -2.07. The van der Waals surface area contributed by atoms with Crippen LogP contribution < -0.4 is 5.69 Å². The Balaban J connectivity index is 1.83. The molecule has 7 nitrogen and oxygen atoms in total. The average molecular weight is 349 g/mol. The maximum Gasteiger partial charge on any atom is 0.323 e. The van der Waals surface area contributed by atoms with Crippen LogP contribution in [0.5, 0.6) is 0 Å². The van der Waals surface area contributed by atoms with E-state index in [-0.39, 0.29) is 5.69 Å². The fraction of sp³-hybridized carbons (Fsp3) is 0.316. The first kappa shape index (κ1) is 15.2. The molecule has 3 aromatic heterocycles. The molecule has 0 aliphatic heterocycles. The number of imidazole rings is 1. The minimum atomic E-state index is -0.221. The van der Waals surface area contributed by atoms with Gasteiger partial charge in [-0.2, -0.15) is 5.10 Å². The zero-order valence-electron chi connectivity index (χ0n) is 14.9. The van der Waals surface area contributed by atoms with Gasteiger partial charge in [0, 0.05) is 29.9 Å². The van der Waals surface area contributed by atoms with Crippen LogP contribution in [-0.4, -0.2) is 24.9 Å². The smallest absolute Gasteiger partial charge is 0.323 e. The number of hydrogen-bond donors (Lipinski definition) is 2. The van der Waals surface area contributed by atoms with Gasteiger partial charge >= 0.3 is 5.69 Å². The number of fused-ring (bicyclic) bond motifs is 1. The molecule has 1 saturated carbocycles. The van der Waals surface area contributed by atoms with Gasteiger partial charge in [0.25, 0.3) is 0 Å². The standard InChI is InChI=1S/C19H19N5O2/c1-9-16(10(2)26-23-9)12-6-13(18-15(7-12)20-19(25)21-18)17-14(11-4-5-11)8-24(3)22-17/h6-8,11H,4-5H2,1-3H3,(H2,20,21,25). The Kier molecular flexibility index (Phi) is 3.04. The molecule has 5 rings (SSSR count). The Morgan fingerprint density at radius 1 is 1.23 bits per heavy atom. The molecular formula is C19H19N5O2. The molecular weight excluding hydrogens is 330 g/mol. The van der Waals surface area contributed by atoms with Crippen molar-refractivity contribution in [3.05, 3.63) is 45.8 Å². The molecule has 0 unspecified atom stereocenters. The molecule has 0 saturated heterocycles. The van der Waals surface area contributed by atoms with Gasteiger partial charge in [-0.3, -0.25) is 4.68 Å². The fourth-order valence-corrected chi connectivity index (χ4v) is 3.78. The van der Waals surface area contributed by atoms with Crippen LogP contribution in [0.1, 0.15) is 35.8 Å². The Bertz CT molecular complexity index is 1180. The summed E-state index contributed by atoms with van der Waals surface area (Å²) in [4.78, 5) is 17.8. The number of aromatic amines is 2. The third-order valence-corrected chi connectivity index (χ3v) is 5.08. The summed E-state index contributed by atoms with van der Waals surface area (Å²) in [5.41, 5.74) is 7.18. The molecule has 132 valence electrons. The van der Waals surface area contributed by atoms with Crippen molar-refractivity contribution in [1.29, 1.82) is 0 Å². The average Bonchev–Trinajstić information content (AvgIpc) is 3.14. The minimum absolute atomic E-state index is 0.221. The quantitative estimate of drug-likeness (QED) is 0.593. The molecule has 0 radical (unpaired) electrons. The van der Waals surface area contributed by atoms with Crippen LogP contribution in [0, 0.1) is 13.8 Å². The predicted molar refractivity (Wildman–Crippen MR) is 98.1 cm³/mol. The molecule has 1 aromatic carbocycles. The third-order valence-electron chi connectivity index (χ3n) is 5.08. The minimum Gasteiger partial charge on any atom is -0.361 e. The topological polar surface area (TPSA) is 92.5 Å². The molecule has 0 atom stereocenters. The zero-order chi connectivity index (χ0) is 18.0. The molecule has 3 heterocycles. The van der Waals surface area contributed by atoms with Crippen LogP contribution in [-0.2, 0) is 7.05 Å². The number of H-pyrrole nitrogens is 2. The second-order valence-corrected chi connectivity index (χ2v) is 7.11. The molecule has 0 spiro atoms. The number of nitrogens with one attached hydrogen (secondary N) is 2. The fourth-order valence-electron chi connectivity index (χ4n) is 3.78. The van der Waals surface area contributed by atoms with E-state index in [4.69, 9.17) is 9.62 Å². The van der Waals surface area contributed by atoms with Crippen LogP contribution in [0.15, 0.2) is 27.6 Å². The van der Waals surface area contributed by atoms with Gasteiger partial charge in [0.2, 0.25) is 0 Å². The summed E-state index contributed by atoms with van der Waals surface area (Å²) in [6.45, 7) is 3.82. The van der Waals surface area contributed by atoms with Gasteiger partial charge in [-0.1, -0.05) is 5.16 Å². The van der Waals surface area contributed by atoms with Crippen LogP contribution in [0.2, 0.25) is 0 Å². The van der Waals surface area contributed by atoms with E-state index in [0.717, 1.165) is 44.9 Å². The van der Waals surface area contributed by atoms with Gasteiger partial charge in [-0.25, -0.2) is 4.79 Å². The Labute approximate surface area is 149 Å². The summed E-state index contributed by atoms with van der Waals surface area (Å²) in [7, 11) is 1.94. The summed E-state index contributed by atoms with van der Waals surface area (Å²) in [5, 5.41) is 8.78. The summed E-state index contributed by atoms with van der Waals surface area (Å²) in [5.74, 6) is 1.32. The first-order valence-electron chi connectivity index (χ1n) is 8.74. The molecule has 0 bridgehead atoms. The third kappa shape index (κ3) is 2.23. The van der Waals surface area contributed by atoms with Crippen molar-refractivity contribution in [1.82, 2.24) is 24.9 Å². The summed E-state index contributed by atoms with van der Waals surface area (Å²) < 4.78 is 7.19. The van der Waals surface area contributed by atoms with Crippen LogP contribution in [0.3, 0.4) is 0 Å². The Hall–Kier alpha value is -3.09. The van der Waals surface area contributed by atoms with Gasteiger partial charge in [0.15, 0.2) is 0 Å². The van der Waals surface area contributed by atoms with E-state index >= 15 is 0 Å². The van der Waals surface area contributed by atoms with E-state index in [2.05, 4.69) is 27.4 Å². The lowest BCUT2D eigenvalue weighted by Crippen LogP contribution is -1.99. The van der Waals surface area contributed by atoms with E-state index in [9.17, 15) is 4.79 Å². The van der Waals surface area contributed by atoms with E-state index in [1.165, 1.54) is 18.4 Å². The van der Waals surface area contributed by atoms with Crippen LogP contribution in [0.25, 0.3) is 33.4 Å². The van der Waals surface area contributed by atoms with Crippen molar-refractivity contribution in [2.24, 2.45) is 7.05 Å². The molecule has 2 N–H and O–H groups in total. The van der Waals surface area contributed by atoms with Crippen molar-refractivity contribution < 1.29 is 4.52 Å². The highest BCUT2D eigenvalue weighted by Crippen LogP contribution is 2.45. The van der Waals surface area contributed by atoms with E-state index < -0.39 is 0 Å². The van der Waals surface area contributed by atoms with E-state index in [1.54, 1.807) is 0 Å². The Morgan fingerprint density at radius 2 is 2.04 bits per heavy atom. The van der Waals surface area contributed by atoms with Gasteiger partial charge in [-0.05, 0) is 50.3 Å². The number of hydrogen-bond acceptors (Lipinski definition) is 4. The highest BCUT2D eigenvalue weighted by atomic mass is 16.5. The second-order valence-electron chi connectivity index (χ2n) is 7.11. The van der Waals surface area contributed by atoms with Crippen LogP contribution >= 0.6 is 0 Å². The van der Waals surface area contributed by atoms with Crippen molar-refractivity contribution in [2.45, 2.75) is 32.6 Å². The number of aryl methyl sites for hydroxylation is 3. The van der Waals surface area contributed by atoms with Gasteiger partial charge in [0.1, 0.15) is 5.76 Å². The van der Waals surface area contributed by atoms with Crippen molar-refractivity contribution in [2.75, 3.05) is 0 Å². The van der Waals surface area contributed by atoms with Crippen molar-refractivity contribution >= 4 is 11.0 Å². The monoisotopic (exact) mass is 349 g/mol. The molecule has 4 aromatic rings. The van der Waals surface area contributed by atoms with Gasteiger partial charge in [0.05, 0.1) is 22.4 Å². The van der Waals surface area contributed by atoms with Gasteiger partial charge in [-0.15, -0.1) is 0 Å².